The summed E-state index contributed by atoms with van der Waals surface area (Å²) in [5.74, 6) is -1.54. The topological polar surface area (TPSA) is 93.7 Å². The summed E-state index contributed by atoms with van der Waals surface area (Å²) in [6.07, 6.45) is 4.14. The van der Waals surface area contributed by atoms with Crippen molar-refractivity contribution >= 4 is 17.8 Å². The van der Waals surface area contributed by atoms with Gasteiger partial charge in [-0.1, -0.05) is 6.92 Å². The van der Waals surface area contributed by atoms with Gasteiger partial charge in [-0.05, 0) is 25.3 Å². The molecule has 2 N–H and O–H groups in total. The van der Waals surface area contributed by atoms with Crippen LogP contribution in [0.2, 0.25) is 0 Å². The van der Waals surface area contributed by atoms with Gasteiger partial charge in [0.2, 0.25) is 0 Å². The maximum atomic E-state index is 12.3. The SMILES string of the molecule is CCCN(CC(=O)O)C(=O)c1c[nH]c(C(=O)N2CCCC2)c1. The molecule has 1 aromatic rings. The van der Waals surface area contributed by atoms with Gasteiger partial charge < -0.3 is 19.9 Å². The van der Waals surface area contributed by atoms with E-state index >= 15 is 0 Å². The van der Waals surface area contributed by atoms with E-state index in [9.17, 15) is 14.4 Å². The number of carboxylic acid groups (broad SMARTS) is 1. The second-order valence-electron chi connectivity index (χ2n) is 5.42. The first-order valence-corrected chi connectivity index (χ1v) is 7.51. The molecule has 22 heavy (non-hydrogen) atoms. The summed E-state index contributed by atoms with van der Waals surface area (Å²) in [5, 5.41) is 8.88. The molecular formula is C15H21N3O4. The number of aliphatic carboxylic acids is 1. The molecule has 0 bridgehead atoms. The van der Waals surface area contributed by atoms with Crippen LogP contribution in [0.4, 0.5) is 0 Å². The zero-order valence-corrected chi connectivity index (χ0v) is 12.7. The lowest BCUT2D eigenvalue weighted by Crippen LogP contribution is -2.36. The van der Waals surface area contributed by atoms with E-state index in [-0.39, 0.29) is 18.4 Å². The number of nitrogens with one attached hydrogen (secondary N) is 1. The highest BCUT2D eigenvalue weighted by atomic mass is 16.4. The van der Waals surface area contributed by atoms with Gasteiger partial charge in [-0.25, -0.2) is 0 Å². The highest BCUT2D eigenvalue weighted by Gasteiger charge is 2.23. The number of hydrogen-bond donors (Lipinski definition) is 2. The van der Waals surface area contributed by atoms with E-state index in [0.717, 1.165) is 25.9 Å². The van der Waals surface area contributed by atoms with Crippen LogP contribution < -0.4 is 0 Å². The second kappa shape index (κ2) is 7.11. The van der Waals surface area contributed by atoms with Crippen molar-refractivity contribution in [3.05, 3.63) is 23.5 Å². The van der Waals surface area contributed by atoms with Gasteiger partial charge in [-0.3, -0.25) is 14.4 Å². The Kier molecular flexibility index (Phi) is 5.19. The Morgan fingerprint density at radius 1 is 1.32 bits per heavy atom. The van der Waals surface area contributed by atoms with E-state index in [1.165, 1.54) is 17.2 Å². The van der Waals surface area contributed by atoms with Crippen molar-refractivity contribution in [1.29, 1.82) is 0 Å². The standard InChI is InChI=1S/C15H21N3O4/c1-2-5-18(10-13(19)20)14(21)11-8-12(16-9-11)15(22)17-6-3-4-7-17/h8-9,16H,2-7,10H2,1H3,(H,19,20). The average Bonchev–Trinajstić information content (AvgIpc) is 3.16. The highest BCUT2D eigenvalue weighted by molar-refractivity contribution is 6.00. The molecule has 7 heteroatoms. The summed E-state index contributed by atoms with van der Waals surface area (Å²) >= 11 is 0. The minimum absolute atomic E-state index is 0.114. The van der Waals surface area contributed by atoms with Crippen molar-refractivity contribution in [3.8, 4) is 0 Å². The summed E-state index contributed by atoms with van der Waals surface area (Å²) in [4.78, 5) is 41.3. The molecule has 0 unspecified atom stereocenters. The number of aromatic nitrogens is 1. The highest BCUT2D eigenvalue weighted by Crippen LogP contribution is 2.14. The lowest BCUT2D eigenvalue weighted by atomic mass is 10.2. The van der Waals surface area contributed by atoms with Crippen LogP contribution in [0.15, 0.2) is 12.3 Å². The summed E-state index contributed by atoms with van der Waals surface area (Å²) in [7, 11) is 0. The number of nitrogens with zero attached hydrogens (tertiary/aromatic N) is 2. The van der Waals surface area contributed by atoms with E-state index in [4.69, 9.17) is 5.11 Å². The normalized spacial score (nSPS) is 14.1. The third kappa shape index (κ3) is 3.66. The molecule has 0 saturated carbocycles. The van der Waals surface area contributed by atoms with Crippen LogP contribution in [0, 0.1) is 0 Å². The summed E-state index contributed by atoms with van der Waals surface area (Å²) < 4.78 is 0. The van der Waals surface area contributed by atoms with Crippen LogP contribution in [0.3, 0.4) is 0 Å². The number of amides is 2. The van der Waals surface area contributed by atoms with E-state index in [1.54, 1.807) is 4.90 Å². The summed E-state index contributed by atoms with van der Waals surface area (Å²) in [6, 6.07) is 1.51. The van der Waals surface area contributed by atoms with Gasteiger partial charge >= 0.3 is 5.97 Å². The zero-order chi connectivity index (χ0) is 16.1. The molecular weight excluding hydrogens is 286 g/mol. The summed E-state index contributed by atoms with van der Waals surface area (Å²) in [5.41, 5.74) is 0.689. The van der Waals surface area contributed by atoms with Crippen LogP contribution >= 0.6 is 0 Å². The van der Waals surface area contributed by atoms with Crippen molar-refractivity contribution in [2.24, 2.45) is 0 Å². The predicted octanol–water partition coefficient (Wildman–Crippen LogP) is 1.19. The van der Waals surface area contributed by atoms with Crippen LogP contribution in [0.5, 0.6) is 0 Å². The Hall–Kier alpha value is -2.31. The molecule has 0 radical (unpaired) electrons. The fraction of sp³-hybridized carbons (Fsp3) is 0.533. The second-order valence-corrected chi connectivity index (χ2v) is 5.42. The average molecular weight is 307 g/mol. The van der Waals surface area contributed by atoms with Gasteiger partial charge in [0.15, 0.2) is 0 Å². The molecule has 0 aromatic carbocycles. The van der Waals surface area contributed by atoms with E-state index in [0.29, 0.717) is 24.2 Å². The maximum Gasteiger partial charge on any atom is 0.323 e. The molecule has 7 nitrogen and oxygen atoms in total. The van der Waals surface area contributed by atoms with Gasteiger partial charge in [0.05, 0.1) is 5.56 Å². The minimum Gasteiger partial charge on any atom is -0.480 e. The molecule has 0 atom stereocenters. The van der Waals surface area contributed by atoms with Crippen molar-refractivity contribution in [2.45, 2.75) is 26.2 Å². The third-order valence-electron chi connectivity index (χ3n) is 3.66. The smallest absolute Gasteiger partial charge is 0.323 e. The van der Waals surface area contributed by atoms with Crippen LogP contribution in [0.1, 0.15) is 47.0 Å². The van der Waals surface area contributed by atoms with Crippen LogP contribution in [0.25, 0.3) is 0 Å². The quantitative estimate of drug-likeness (QED) is 0.825. The lowest BCUT2D eigenvalue weighted by Gasteiger charge is -2.19. The number of rotatable bonds is 6. The number of carbonyl (C=O) groups excluding carboxylic acids is 2. The molecule has 1 fully saturated rings. The number of aromatic amines is 1. The van der Waals surface area contributed by atoms with Crippen molar-refractivity contribution < 1.29 is 19.5 Å². The zero-order valence-electron chi connectivity index (χ0n) is 12.7. The molecule has 2 heterocycles. The Labute approximate surface area is 128 Å². The lowest BCUT2D eigenvalue weighted by molar-refractivity contribution is -0.137. The van der Waals surface area contributed by atoms with Crippen molar-refractivity contribution in [3.63, 3.8) is 0 Å². The maximum absolute atomic E-state index is 12.3. The Balaban J connectivity index is 2.09. The monoisotopic (exact) mass is 307 g/mol. The molecule has 2 amide bonds. The minimum atomic E-state index is -1.05. The number of likely N-dealkylation sites (tertiary alicyclic amines) is 1. The molecule has 1 aromatic heterocycles. The Morgan fingerprint density at radius 2 is 2.00 bits per heavy atom. The molecule has 0 spiro atoms. The molecule has 0 aliphatic carbocycles. The van der Waals surface area contributed by atoms with Gasteiger partial charge in [0.1, 0.15) is 12.2 Å². The van der Waals surface area contributed by atoms with Gasteiger partial charge in [0.25, 0.3) is 11.8 Å². The van der Waals surface area contributed by atoms with Crippen LogP contribution in [-0.4, -0.2) is 63.9 Å². The van der Waals surface area contributed by atoms with Gasteiger partial charge in [-0.15, -0.1) is 0 Å². The molecule has 2 rings (SSSR count). The van der Waals surface area contributed by atoms with E-state index < -0.39 is 5.97 Å². The van der Waals surface area contributed by atoms with Gasteiger partial charge in [0, 0.05) is 25.8 Å². The Bertz CT molecular complexity index is 561. The number of H-pyrrole nitrogens is 1. The first kappa shape index (κ1) is 16.1. The van der Waals surface area contributed by atoms with E-state index in [1.807, 2.05) is 6.92 Å². The largest absolute Gasteiger partial charge is 0.480 e. The molecule has 1 aliphatic rings. The first-order chi connectivity index (χ1) is 10.5. The van der Waals surface area contributed by atoms with Crippen LogP contribution in [-0.2, 0) is 4.79 Å². The molecule has 1 saturated heterocycles. The molecule has 1 aliphatic heterocycles. The summed E-state index contributed by atoms with van der Waals surface area (Å²) in [6.45, 7) is 3.38. The fourth-order valence-corrected chi connectivity index (χ4v) is 2.60. The third-order valence-corrected chi connectivity index (χ3v) is 3.66. The van der Waals surface area contributed by atoms with Crippen molar-refractivity contribution in [2.75, 3.05) is 26.2 Å². The number of carboxylic acids is 1. The predicted molar refractivity (Wildman–Crippen MR) is 79.8 cm³/mol. The van der Waals surface area contributed by atoms with Crippen molar-refractivity contribution in [1.82, 2.24) is 14.8 Å². The first-order valence-electron chi connectivity index (χ1n) is 7.51. The number of hydrogen-bond acceptors (Lipinski definition) is 3. The van der Waals surface area contributed by atoms with E-state index in [2.05, 4.69) is 4.98 Å². The van der Waals surface area contributed by atoms with Gasteiger partial charge in [-0.2, -0.15) is 0 Å². The fourth-order valence-electron chi connectivity index (χ4n) is 2.60. The number of carbonyl (C=O) groups is 3. The molecule has 120 valence electrons. The Morgan fingerprint density at radius 3 is 2.59 bits per heavy atom.